The van der Waals surface area contributed by atoms with Gasteiger partial charge in [0.2, 0.25) is 10.0 Å². The summed E-state index contributed by atoms with van der Waals surface area (Å²) < 4.78 is 40.0. The molecular weight excluding hydrogens is 327 g/mol. The number of hydrogen-bond acceptors (Lipinski definition) is 3. The van der Waals surface area contributed by atoms with E-state index in [9.17, 15) is 12.8 Å². The molecule has 128 valence electrons. The minimum atomic E-state index is -3.63. The molecule has 1 aliphatic rings. The lowest BCUT2D eigenvalue weighted by molar-refractivity contribution is 0.146. The van der Waals surface area contributed by atoms with E-state index in [1.165, 1.54) is 28.1 Å². The highest BCUT2D eigenvalue weighted by molar-refractivity contribution is 7.89. The molecule has 1 fully saturated rings. The fourth-order valence-corrected chi connectivity index (χ4v) is 4.50. The van der Waals surface area contributed by atoms with Crippen LogP contribution in [0.3, 0.4) is 0 Å². The molecule has 1 saturated heterocycles. The first-order chi connectivity index (χ1) is 11.5. The van der Waals surface area contributed by atoms with Crippen molar-refractivity contribution in [1.82, 2.24) is 9.21 Å². The van der Waals surface area contributed by atoms with Crippen LogP contribution in [0.15, 0.2) is 59.5 Å². The first-order valence-electron chi connectivity index (χ1n) is 8.03. The van der Waals surface area contributed by atoms with Crippen LogP contribution in [0.2, 0.25) is 0 Å². The van der Waals surface area contributed by atoms with Crippen molar-refractivity contribution in [3.8, 4) is 0 Å². The maximum Gasteiger partial charge on any atom is 0.243 e. The van der Waals surface area contributed by atoms with E-state index in [0.29, 0.717) is 26.2 Å². The predicted molar refractivity (Wildman–Crippen MR) is 91.6 cm³/mol. The molecule has 0 spiro atoms. The minimum absolute atomic E-state index is 0.0204. The van der Waals surface area contributed by atoms with Crippen molar-refractivity contribution < 1.29 is 12.8 Å². The van der Waals surface area contributed by atoms with Crippen LogP contribution in [0.1, 0.15) is 18.5 Å². The smallest absolute Gasteiger partial charge is 0.243 e. The second-order valence-corrected chi connectivity index (χ2v) is 7.92. The third-order valence-corrected chi connectivity index (χ3v) is 6.43. The molecule has 0 saturated carbocycles. The molecule has 2 aromatic carbocycles. The van der Waals surface area contributed by atoms with Gasteiger partial charge >= 0.3 is 0 Å². The lowest BCUT2D eigenvalue weighted by Crippen LogP contribution is -2.49. The van der Waals surface area contributed by atoms with E-state index in [1.807, 2.05) is 18.2 Å². The van der Waals surface area contributed by atoms with Gasteiger partial charge in [-0.2, -0.15) is 4.31 Å². The van der Waals surface area contributed by atoms with Crippen LogP contribution in [-0.4, -0.2) is 43.8 Å². The summed E-state index contributed by atoms with van der Waals surface area (Å²) in [6.07, 6.45) is 0. The normalized spacial score (nSPS) is 18.4. The zero-order valence-electron chi connectivity index (χ0n) is 13.6. The molecule has 0 radical (unpaired) electrons. The van der Waals surface area contributed by atoms with Crippen molar-refractivity contribution in [3.63, 3.8) is 0 Å². The van der Waals surface area contributed by atoms with Crippen LogP contribution in [0, 0.1) is 5.82 Å². The van der Waals surface area contributed by atoms with Crippen molar-refractivity contribution in [3.05, 3.63) is 66.0 Å². The molecule has 1 aliphatic heterocycles. The van der Waals surface area contributed by atoms with E-state index in [1.54, 1.807) is 0 Å². The van der Waals surface area contributed by atoms with Gasteiger partial charge in [-0.05, 0) is 30.7 Å². The van der Waals surface area contributed by atoms with E-state index in [4.69, 9.17) is 0 Å². The Kier molecular flexibility index (Phi) is 4.99. The Morgan fingerprint density at radius 2 is 1.62 bits per heavy atom. The Labute approximate surface area is 142 Å². The molecule has 0 bridgehead atoms. The van der Waals surface area contributed by atoms with Crippen molar-refractivity contribution in [1.29, 1.82) is 0 Å². The SMILES string of the molecule is C[C@H](c1ccccc1)N1CCN(S(=O)(=O)c2cccc(F)c2)CC1. The van der Waals surface area contributed by atoms with E-state index < -0.39 is 15.8 Å². The van der Waals surface area contributed by atoms with Crippen LogP contribution in [0.4, 0.5) is 4.39 Å². The van der Waals surface area contributed by atoms with Gasteiger partial charge in [0.25, 0.3) is 0 Å². The summed E-state index contributed by atoms with van der Waals surface area (Å²) in [7, 11) is -3.63. The number of hydrogen-bond donors (Lipinski definition) is 0. The number of piperazine rings is 1. The average molecular weight is 348 g/mol. The van der Waals surface area contributed by atoms with E-state index in [0.717, 1.165) is 6.07 Å². The van der Waals surface area contributed by atoms with Crippen LogP contribution in [-0.2, 0) is 10.0 Å². The van der Waals surface area contributed by atoms with Gasteiger partial charge in [-0.3, -0.25) is 4.90 Å². The molecular formula is C18H21FN2O2S. The number of sulfonamides is 1. The van der Waals surface area contributed by atoms with E-state index >= 15 is 0 Å². The molecule has 0 unspecified atom stereocenters. The topological polar surface area (TPSA) is 40.6 Å². The lowest BCUT2D eigenvalue weighted by Gasteiger charge is -2.37. The lowest BCUT2D eigenvalue weighted by atomic mass is 10.1. The molecule has 6 heteroatoms. The van der Waals surface area contributed by atoms with Crippen molar-refractivity contribution in [2.75, 3.05) is 26.2 Å². The Hall–Kier alpha value is -1.76. The maximum absolute atomic E-state index is 13.3. The fraction of sp³-hybridized carbons (Fsp3) is 0.333. The second kappa shape index (κ2) is 7.01. The molecule has 0 aliphatic carbocycles. The highest BCUT2D eigenvalue weighted by Gasteiger charge is 2.30. The third-order valence-electron chi connectivity index (χ3n) is 4.54. The van der Waals surface area contributed by atoms with E-state index in [-0.39, 0.29) is 10.9 Å². The summed E-state index contributed by atoms with van der Waals surface area (Å²) in [4.78, 5) is 2.29. The van der Waals surface area contributed by atoms with Gasteiger partial charge in [0.1, 0.15) is 5.82 Å². The summed E-state index contributed by atoms with van der Waals surface area (Å²) in [6.45, 7) is 4.27. The largest absolute Gasteiger partial charge is 0.294 e. The zero-order chi connectivity index (χ0) is 17.2. The number of benzene rings is 2. The van der Waals surface area contributed by atoms with Gasteiger partial charge < -0.3 is 0 Å². The highest BCUT2D eigenvalue weighted by Crippen LogP contribution is 2.24. The summed E-state index contributed by atoms with van der Waals surface area (Å²) in [5, 5.41) is 0. The number of nitrogens with zero attached hydrogens (tertiary/aromatic N) is 2. The second-order valence-electron chi connectivity index (χ2n) is 5.98. The van der Waals surface area contributed by atoms with Gasteiger partial charge in [-0.1, -0.05) is 36.4 Å². The van der Waals surface area contributed by atoms with Crippen LogP contribution < -0.4 is 0 Å². The third kappa shape index (κ3) is 3.50. The standard InChI is InChI=1S/C18H21FN2O2S/c1-15(16-6-3-2-4-7-16)20-10-12-21(13-11-20)24(22,23)18-9-5-8-17(19)14-18/h2-9,14-15H,10-13H2,1H3/t15-/m1/s1. The summed E-state index contributed by atoms with van der Waals surface area (Å²) >= 11 is 0. The maximum atomic E-state index is 13.3. The monoisotopic (exact) mass is 348 g/mol. The molecule has 3 rings (SSSR count). The zero-order valence-corrected chi connectivity index (χ0v) is 14.4. The molecule has 4 nitrogen and oxygen atoms in total. The summed E-state index contributed by atoms with van der Waals surface area (Å²) in [6, 6.07) is 15.6. The van der Waals surface area contributed by atoms with Crippen molar-refractivity contribution in [2.45, 2.75) is 17.9 Å². The van der Waals surface area contributed by atoms with Crippen LogP contribution >= 0.6 is 0 Å². The molecule has 1 atom stereocenters. The van der Waals surface area contributed by atoms with Gasteiger partial charge in [-0.15, -0.1) is 0 Å². The minimum Gasteiger partial charge on any atom is -0.294 e. The van der Waals surface area contributed by atoms with Crippen LogP contribution in [0.5, 0.6) is 0 Å². The highest BCUT2D eigenvalue weighted by atomic mass is 32.2. The van der Waals surface area contributed by atoms with Gasteiger partial charge in [0, 0.05) is 32.2 Å². The first kappa shape index (κ1) is 17.1. The number of rotatable bonds is 4. The van der Waals surface area contributed by atoms with Gasteiger partial charge in [-0.25, -0.2) is 12.8 Å². The van der Waals surface area contributed by atoms with Crippen molar-refractivity contribution in [2.24, 2.45) is 0 Å². The Balaban J connectivity index is 1.69. The quantitative estimate of drug-likeness (QED) is 0.853. The predicted octanol–water partition coefficient (Wildman–Crippen LogP) is 2.89. The van der Waals surface area contributed by atoms with Crippen LogP contribution in [0.25, 0.3) is 0 Å². The Bertz CT molecular complexity index is 788. The van der Waals surface area contributed by atoms with Gasteiger partial charge in [0.05, 0.1) is 4.90 Å². The summed E-state index contributed by atoms with van der Waals surface area (Å²) in [5.41, 5.74) is 1.22. The Morgan fingerprint density at radius 3 is 2.25 bits per heavy atom. The molecule has 0 aromatic heterocycles. The first-order valence-corrected chi connectivity index (χ1v) is 9.47. The fourth-order valence-electron chi connectivity index (χ4n) is 3.05. The van der Waals surface area contributed by atoms with E-state index in [2.05, 4.69) is 24.0 Å². The molecule has 0 amide bonds. The molecule has 0 N–H and O–H groups in total. The molecule has 1 heterocycles. The Morgan fingerprint density at radius 1 is 0.958 bits per heavy atom. The molecule has 24 heavy (non-hydrogen) atoms. The number of halogens is 1. The van der Waals surface area contributed by atoms with Crippen molar-refractivity contribution >= 4 is 10.0 Å². The summed E-state index contributed by atoms with van der Waals surface area (Å²) in [5.74, 6) is -0.535. The molecule has 2 aromatic rings. The average Bonchev–Trinajstić information content (AvgIpc) is 2.62. The van der Waals surface area contributed by atoms with Gasteiger partial charge in [0.15, 0.2) is 0 Å².